The topological polar surface area (TPSA) is 49.2 Å². The van der Waals surface area contributed by atoms with Crippen LogP contribution in [0.3, 0.4) is 0 Å². The van der Waals surface area contributed by atoms with Gasteiger partial charge in [0.15, 0.2) is 17.1 Å². The van der Waals surface area contributed by atoms with E-state index in [0.29, 0.717) is 18.0 Å². The first-order chi connectivity index (χ1) is 15.6. The van der Waals surface area contributed by atoms with Crippen LogP contribution in [0.1, 0.15) is 11.3 Å². The minimum atomic E-state index is 0.650. The van der Waals surface area contributed by atoms with Crippen molar-refractivity contribution in [1.29, 1.82) is 0 Å². The summed E-state index contributed by atoms with van der Waals surface area (Å²) in [7, 11) is 3.31. The van der Waals surface area contributed by atoms with Crippen molar-refractivity contribution in [2.24, 2.45) is 0 Å². The van der Waals surface area contributed by atoms with Crippen molar-refractivity contribution >= 4 is 37.7 Å². The van der Waals surface area contributed by atoms with Crippen molar-refractivity contribution in [2.45, 2.75) is 13.5 Å². The Morgan fingerprint density at radius 3 is 2.19 bits per heavy atom. The molecule has 0 spiro atoms. The van der Waals surface area contributed by atoms with Gasteiger partial charge in [-0.05, 0) is 36.8 Å². The van der Waals surface area contributed by atoms with Gasteiger partial charge in [-0.2, -0.15) is 5.10 Å². The lowest BCUT2D eigenvalue weighted by molar-refractivity contribution is 0.356. The molecule has 0 unspecified atom stereocenters. The molecule has 5 rings (SSSR count). The minimum Gasteiger partial charge on any atom is -0.493 e. The number of aromatic nitrogens is 3. The highest BCUT2D eigenvalue weighted by Gasteiger charge is 2.20. The first-order valence-corrected chi connectivity index (χ1v) is 11.1. The molecule has 0 saturated heterocycles. The zero-order valence-corrected chi connectivity index (χ0v) is 19.7. The number of fused-ring (bicyclic) bond motifs is 3. The van der Waals surface area contributed by atoms with E-state index < -0.39 is 0 Å². The molecule has 0 bridgehead atoms. The van der Waals surface area contributed by atoms with Crippen LogP contribution < -0.4 is 9.47 Å². The molecule has 5 nitrogen and oxygen atoms in total. The van der Waals surface area contributed by atoms with Crippen molar-refractivity contribution in [3.8, 4) is 22.8 Å². The number of methoxy groups -OCH3 is 2. The van der Waals surface area contributed by atoms with Crippen LogP contribution in [0.5, 0.6) is 11.5 Å². The second-order valence-electron chi connectivity index (χ2n) is 7.65. The third-order valence-electron chi connectivity index (χ3n) is 5.66. The SMILES string of the molecule is COc1cc2c(-c3ccc(Br)cc3)nc3c(c(C)nn3Cc3ccccc3)c2cc1OC. The Hall–Kier alpha value is -3.38. The lowest BCUT2D eigenvalue weighted by Gasteiger charge is -2.14. The van der Waals surface area contributed by atoms with E-state index in [9.17, 15) is 0 Å². The van der Waals surface area contributed by atoms with E-state index in [1.165, 1.54) is 5.56 Å². The average molecular weight is 488 g/mol. The van der Waals surface area contributed by atoms with E-state index >= 15 is 0 Å². The van der Waals surface area contributed by atoms with Crippen LogP contribution in [-0.4, -0.2) is 29.0 Å². The summed E-state index contributed by atoms with van der Waals surface area (Å²) in [6, 6.07) is 22.5. The molecule has 0 aliphatic rings. The maximum Gasteiger partial charge on any atom is 0.161 e. The van der Waals surface area contributed by atoms with Crippen LogP contribution in [0.2, 0.25) is 0 Å². The number of benzene rings is 3. The largest absolute Gasteiger partial charge is 0.493 e. The van der Waals surface area contributed by atoms with E-state index in [-0.39, 0.29) is 0 Å². The van der Waals surface area contributed by atoms with Crippen LogP contribution in [0.15, 0.2) is 71.2 Å². The van der Waals surface area contributed by atoms with Gasteiger partial charge in [-0.1, -0.05) is 58.4 Å². The van der Waals surface area contributed by atoms with Gasteiger partial charge in [0.2, 0.25) is 0 Å². The first-order valence-electron chi connectivity index (χ1n) is 10.3. The summed E-state index contributed by atoms with van der Waals surface area (Å²) >= 11 is 3.53. The fourth-order valence-electron chi connectivity index (χ4n) is 4.14. The average Bonchev–Trinajstić information content (AvgIpc) is 3.13. The summed E-state index contributed by atoms with van der Waals surface area (Å²) < 4.78 is 14.2. The molecule has 0 fully saturated rings. The highest BCUT2D eigenvalue weighted by atomic mass is 79.9. The van der Waals surface area contributed by atoms with Crippen LogP contribution in [0, 0.1) is 6.92 Å². The molecule has 32 heavy (non-hydrogen) atoms. The van der Waals surface area contributed by atoms with Gasteiger partial charge in [0, 0.05) is 26.2 Å². The molecule has 5 aromatic rings. The number of aryl methyl sites for hydroxylation is 1. The van der Waals surface area contributed by atoms with Gasteiger partial charge < -0.3 is 9.47 Å². The molecule has 0 atom stereocenters. The number of rotatable bonds is 5. The Kier molecular flexibility index (Phi) is 5.31. The number of hydrogen-bond donors (Lipinski definition) is 0. The third kappa shape index (κ3) is 3.50. The normalized spacial score (nSPS) is 11.2. The number of ether oxygens (including phenoxy) is 2. The van der Waals surface area contributed by atoms with Crippen LogP contribution in [0.4, 0.5) is 0 Å². The summed E-state index contributed by atoms with van der Waals surface area (Å²) in [5.41, 5.74) is 4.87. The lowest BCUT2D eigenvalue weighted by Crippen LogP contribution is -2.03. The number of pyridine rings is 1. The van der Waals surface area contributed by atoms with E-state index in [4.69, 9.17) is 19.6 Å². The molecule has 6 heteroatoms. The van der Waals surface area contributed by atoms with E-state index in [1.54, 1.807) is 14.2 Å². The van der Waals surface area contributed by atoms with Crippen LogP contribution >= 0.6 is 15.9 Å². The molecular formula is C26H22BrN3O2. The molecule has 160 valence electrons. The second kappa shape index (κ2) is 8.28. The van der Waals surface area contributed by atoms with E-state index in [1.807, 2.05) is 54.1 Å². The highest BCUT2D eigenvalue weighted by molar-refractivity contribution is 9.10. The van der Waals surface area contributed by atoms with Crippen molar-refractivity contribution < 1.29 is 9.47 Å². The quantitative estimate of drug-likeness (QED) is 0.288. The van der Waals surface area contributed by atoms with Gasteiger partial charge in [0.1, 0.15) is 0 Å². The van der Waals surface area contributed by atoms with Crippen molar-refractivity contribution in [3.63, 3.8) is 0 Å². The summed E-state index contributed by atoms with van der Waals surface area (Å²) in [6.45, 7) is 2.68. The predicted molar refractivity (Wildman–Crippen MR) is 132 cm³/mol. The van der Waals surface area contributed by atoms with E-state index in [2.05, 4.69) is 40.2 Å². The zero-order valence-electron chi connectivity index (χ0n) is 18.1. The smallest absolute Gasteiger partial charge is 0.161 e. The van der Waals surface area contributed by atoms with Crippen molar-refractivity contribution in [2.75, 3.05) is 14.2 Å². The van der Waals surface area contributed by atoms with Gasteiger partial charge in [-0.15, -0.1) is 0 Å². The lowest BCUT2D eigenvalue weighted by atomic mass is 10.0. The van der Waals surface area contributed by atoms with Crippen LogP contribution in [-0.2, 0) is 6.54 Å². The summed E-state index contributed by atoms with van der Waals surface area (Å²) in [4.78, 5) is 5.14. The Morgan fingerprint density at radius 1 is 0.875 bits per heavy atom. The zero-order chi connectivity index (χ0) is 22.2. The minimum absolute atomic E-state index is 0.650. The molecule has 0 aliphatic heterocycles. The molecule has 2 heterocycles. The van der Waals surface area contributed by atoms with Gasteiger partial charge in [0.25, 0.3) is 0 Å². The Balaban J connectivity index is 1.85. The van der Waals surface area contributed by atoms with Crippen molar-refractivity contribution in [1.82, 2.24) is 14.8 Å². The maximum atomic E-state index is 5.62. The Morgan fingerprint density at radius 2 is 1.53 bits per heavy atom. The second-order valence-corrected chi connectivity index (χ2v) is 8.56. The van der Waals surface area contributed by atoms with Gasteiger partial charge >= 0.3 is 0 Å². The number of halogens is 1. The van der Waals surface area contributed by atoms with Gasteiger partial charge in [-0.3, -0.25) is 0 Å². The number of nitrogens with zero attached hydrogens (tertiary/aromatic N) is 3. The maximum absolute atomic E-state index is 5.62. The van der Waals surface area contributed by atoms with Crippen LogP contribution in [0.25, 0.3) is 33.1 Å². The number of hydrogen-bond acceptors (Lipinski definition) is 4. The fraction of sp³-hybridized carbons (Fsp3) is 0.154. The molecule has 2 aromatic heterocycles. The Labute approximate surface area is 194 Å². The standard InChI is InChI=1S/C26H22BrN3O2/c1-16-24-20-13-22(31-2)23(32-3)14-21(20)25(18-9-11-19(27)12-10-18)28-26(24)30(29-16)15-17-7-5-4-6-8-17/h4-14H,15H2,1-3H3. The molecule has 3 aromatic carbocycles. The summed E-state index contributed by atoms with van der Waals surface area (Å²) in [5.74, 6) is 1.36. The molecule has 0 aliphatic carbocycles. The molecule has 0 N–H and O–H groups in total. The third-order valence-corrected chi connectivity index (χ3v) is 6.19. The molecule has 0 radical (unpaired) electrons. The van der Waals surface area contributed by atoms with Crippen molar-refractivity contribution in [3.05, 3.63) is 82.5 Å². The molecule has 0 amide bonds. The molecular weight excluding hydrogens is 466 g/mol. The van der Waals surface area contributed by atoms with Gasteiger partial charge in [-0.25, -0.2) is 9.67 Å². The highest BCUT2D eigenvalue weighted by Crippen LogP contribution is 2.40. The van der Waals surface area contributed by atoms with E-state index in [0.717, 1.165) is 43.2 Å². The summed E-state index contributed by atoms with van der Waals surface area (Å²) in [6.07, 6.45) is 0. The Bertz CT molecular complexity index is 1430. The monoisotopic (exact) mass is 487 g/mol. The molecule has 0 saturated carbocycles. The fourth-order valence-corrected chi connectivity index (χ4v) is 4.40. The predicted octanol–water partition coefficient (Wildman–Crippen LogP) is 6.39. The summed E-state index contributed by atoms with van der Waals surface area (Å²) in [5, 5.41) is 7.93. The van der Waals surface area contributed by atoms with Gasteiger partial charge in [0.05, 0.1) is 32.2 Å². The first kappa shape index (κ1) is 20.5.